The molecule has 0 aliphatic heterocycles. The van der Waals surface area contributed by atoms with Gasteiger partial charge in [0.1, 0.15) is 0 Å². The molecule has 2 amide bonds. The fourth-order valence-electron chi connectivity index (χ4n) is 2.07. The van der Waals surface area contributed by atoms with Crippen LogP contribution in [0.3, 0.4) is 0 Å². The Balaban J connectivity index is 2.30. The van der Waals surface area contributed by atoms with E-state index >= 15 is 0 Å². The van der Waals surface area contributed by atoms with Crippen molar-refractivity contribution in [2.75, 3.05) is 19.6 Å². The number of amides is 2. The van der Waals surface area contributed by atoms with Gasteiger partial charge in [0.2, 0.25) is 0 Å². The van der Waals surface area contributed by atoms with Crippen molar-refractivity contribution in [3.05, 3.63) is 0 Å². The third-order valence-electron chi connectivity index (χ3n) is 3.06. The van der Waals surface area contributed by atoms with Gasteiger partial charge in [0.15, 0.2) is 0 Å². The topological polar surface area (TPSA) is 67.2 Å². The quantitative estimate of drug-likeness (QED) is 0.627. The number of nitrogens with two attached hydrogens (primary N) is 1. The average molecular weight is 199 g/mol. The largest absolute Gasteiger partial charge is 0.338 e. The van der Waals surface area contributed by atoms with E-state index in [1.807, 2.05) is 6.92 Å². The molecule has 82 valence electrons. The Morgan fingerprint density at radius 3 is 2.50 bits per heavy atom. The molecule has 1 aliphatic carbocycles. The molecule has 0 spiro atoms. The van der Waals surface area contributed by atoms with Gasteiger partial charge in [-0.1, -0.05) is 12.8 Å². The van der Waals surface area contributed by atoms with Gasteiger partial charge in [-0.2, -0.15) is 0 Å². The van der Waals surface area contributed by atoms with Crippen molar-refractivity contribution in [1.29, 1.82) is 0 Å². The van der Waals surface area contributed by atoms with Crippen molar-refractivity contribution in [3.63, 3.8) is 0 Å². The molecule has 0 radical (unpaired) electrons. The van der Waals surface area contributed by atoms with E-state index in [1.165, 1.54) is 12.8 Å². The van der Waals surface area contributed by atoms with Gasteiger partial charge >= 0.3 is 6.03 Å². The maximum atomic E-state index is 11.2. The Labute approximate surface area is 85.6 Å². The molecular weight excluding hydrogens is 178 g/mol. The lowest BCUT2D eigenvalue weighted by Gasteiger charge is -2.27. The molecule has 4 N–H and O–H groups in total. The van der Waals surface area contributed by atoms with Crippen LogP contribution in [0.4, 0.5) is 4.79 Å². The van der Waals surface area contributed by atoms with Crippen LogP contribution in [0.1, 0.15) is 32.6 Å². The van der Waals surface area contributed by atoms with Crippen LogP contribution >= 0.6 is 0 Å². The maximum Gasteiger partial charge on any atom is 0.314 e. The number of nitrogens with one attached hydrogen (secondary N) is 2. The summed E-state index contributed by atoms with van der Waals surface area (Å²) >= 11 is 0. The molecule has 4 heteroatoms. The molecule has 14 heavy (non-hydrogen) atoms. The van der Waals surface area contributed by atoms with Gasteiger partial charge in [-0.25, -0.2) is 4.79 Å². The zero-order chi connectivity index (χ0) is 10.4. The second-order valence-electron chi connectivity index (χ2n) is 4.12. The summed E-state index contributed by atoms with van der Waals surface area (Å²) in [6.45, 7) is 3.98. The van der Waals surface area contributed by atoms with Gasteiger partial charge in [0.25, 0.3) is 0 Å². The fourth-order valence-corrected chi connectivity index (χ4v) is 2.07. The predicted molar refractivity (Wildman–Crippen MR) is 57.0 cm³/mol. The zero-order valence-electron chi connectivity index (χ0n) is 8.94. The lowest BCUT2D eigenvalue weighted by Crippen LogP contribution is -2.44. The number of carbonyl (C=O) groups excluding carboxylic acids is 1. The predicted octanol–water partition coefficient (Wildman–Crippen LogP) is 0.825. The first kappa shape index (κ1) is 11.3. The van der Waals surface area contributed by atoms with Gasteiger partial charge in [0.05, 0.1) is 0 Å². The third kappa shape index (κ3) is 2.87. The van der Waals surface area contributed by atoms with Crippen molar-refractivity contribution in [3.8, 4) is 0 Å². The fraction of sp³-hybridized carbons (Fsp3) is 0.900. The number of hydrogen-bond acceptors (Lipinski definition) is 2. The Bertz CT molecular complexity index is 188. The molecule has 1 saturated carbocycles. The second kappa shape index (κ2) is 5.20. The second-order valence-corrected chi connectivity index (χ2v) is 4.12. The number of hydrogen-bond donors (Lipinski definition) is 3. The van der Waals surface area contributed by atoms with Crippen molar-refractivity contribution in [1.82, 2.24) is 10.6 Å². The standard InChI is InChI=1S/C10H21N3O/c1-2-12-9(14)13-8-10(7-11)5-3-4-6-10/h2-8,11H2,1H3,(H2,12,13,14). The van der Waals surface area contributed by atoms with Crippen LogP contribution in [-0.2, 0) is 0 Å². The van der Waals surface area contributed by atoms with E-state index in [0.29, 0.717) is 13.1 Å². The molecule has 4 nitrogen and oxygen atoms in total. The van der Waals surface area contributed by atoms with E-state index in [4.69, 9.17) is 5.73 Å². The summed E-state index contributed by atoms with van der Waals surface area (Å²) in [6, 6.07) is -0.0766. The number of carbonyl (C=O) groups is 1. The minimum Gasteiger partial charge on any atom is -0.338 e. The highest BCUT2D eigenvalue weighted by atomic mass is 16.2. The molecule has 0 heterocycles. The van der Waals surface area contributed by atoms with Crippen LogP contribution in [0.2, 0.25) is 0 Å². The van der Waals surface area contributed by atoms with Crippen molar-refractivity contribution < 1.29 is 4.79 Å². The Morgan fingerprint density at radius 1 is 1.36 bits per heavy atom. The van der Waals surface area contributed by atoms with Crippen LogP contribution in [0.15, 0.2) is 0 Å². The van der Waals surface area contributed by atoms with Crippen LogP contribution in [0.25, 0.3) is 0 Å². The van der Waals surface area contributed by atoms with Crippen molar-refractivity contribution in [2.45, 2.75) is 32.6 Å². The van der Waals surface area contributed by atoms with Gasteiger partial charge in [0, 0.05) is 18.5 Å². The van der Waals surface area contributed by atoms with E-state index < -0.39 is 0 Å². The molecule has 0 atom stereocenters. The summed E-state index contributed by atoms with van der Waals surface area (Å²) in [5.41, 5.74) is 5.93. The Hall–Kier alpha value is -0.770. The zero-order valence-corrected chi connectivity index (χ0v) is 8.94. The Morgan fingerprint density at radius 2 is 2.00 bits per heavy atom. The van der Waals surface area contributed by atoms with E-state index in [0.717, 1.165) is 19.4 Å². The highest BCUT2D eigenvalue weighted by Crippen LogP contribution is 2.36. The molecule has 0 aromatic carbocycles. The molecule has 0 bridgehead atoms. The first-order chi connectivity index (χ1) is 6.72. The maximum absolute atomic E-state index is 11.2. The van der Waals surface area contributed by atoms with Gasteiger partial charge in [-0.15, -0.1) is 0 Å². The normalized spacial score (nSPS) is 19.3. The summed E-state index contributed by atoms with van der Waals surface area (Å²) in [5.74, 6) is 0. The highest BCUT2D eigenvalue weighted by molar-refractivity contribution is 5.73. The summed E-state index contributed by atoms with van der Waals surface area (Å²) in [5, 5.41) is 5.61. The Kier molecular flexibility index (Phi) is 4.20. The van der Waals surface area contributed by atoms with E-state index in [2.05, 4.69) is 10.6 Å². The smallest absolute Gasteiger partial charge is 0.314 e. The number of rotatable bonds is 4. The SMILES string of the molecule is CCNC(=O)NCC1(CN)CCCC1. The van der Waals surface area contributed by atoms with Crippen molar-refractivity contribution in [2.24, 2.45) is 11.1 Å². The molecule has 1 aliphatic rings. The van der Waals surface area contributed by atoms with Crippen molar-refractivity contribution >= 4 is 6.03 Å². The monoisotopic (exact) mass is 199 g/mol. The van der Waals surface area contributed by atoms with E-state index in [9.17, 15) is 4.79 Å². The molecular formula is C10H21N3O. The van der Waals surface area contributed by atoms with Crippen LogP contribution in [0, 0.1) is 5.41 Å². The molecule has 0 aromatic heterocycles. The lowest BCUT2D eigenvalue weighted by atomic mass is 9.86. The summed E-state index contributed by atoms with van der Waals surface area (Å²) in [7, 11) is 0. The molecule has 0 unspecified atom stereocenters. The van der Waals surface area contributed by atoms with Gasteiger partial charge < -0.3 is 16.4 Å². The minimum atomic E-state index is -0.0766. The molecule has 1 fully saturated rings. The van der Waals surface area contributed by atoms with Gasteiger partial charge in [-0.3, -0.25) is 0 Å². The highest BCUT2D eigenvalue weighted by Gasteiger charge is 2.32. The summed E-state index contributed by atoms with van der Waals surface area (Å²) < 4.78 is 0. The summed E-state index contributed by atoms with van der Waals surface area (Å²) in [6.07, 6.45) is 4.79. The molecule has 1 rings (SSSR count). The first-order valence-corrected chi connectivity index (χ1v) is 5.44. The third-order valence-corrected chi connectivity index (χ3v) is 3.06. The average Bonchev–Trinajstić information content (AvgIpc) is 2.65. The first-order valence-electron chi connectivity index (χ1n) is 5.44. The summed E-state index contributed by atoms with van der Waals surface area (Å²) in [4.78, 5) is 11.2. The van der Waals surface area contributed by atoms with Crippen LogP contribution in [0.5, 0.6) is 0 Å². The minimum absolute atomic E-state index is 0.0766. The van der Waals surface area contributed by atoms with Gasteiger partial charge in [-0.05, 0) is 26.3 Å². The van der Waals surface area contributed by atoms with E-state index in [-0.39, 0.29) is 11.4 Å². The lowest BCUT2D eigenvalue weighted by molar-refractivity contribution is 0.229. The van der Waals surface area contributed by atoms with Crippen LogP contribution in [-0.4, -0.2) is 25.7 Å². The number of urea groups is 1. The van der Waals surface area contributed by atoms with E-state index in [1.54, 1.807) is 0 Å². The molecule has 0 saturated heterocycles. The molecule has 0 aromatic rings. The van der Waals surface area contributed by atoms with Crippen LogP contribution < -0.4 is 16.4 Å².